The van der Waals surface area contributed by atoms with Gasteiger partial charge in [-0.25, -0.2) is 0 Å². The molecule has 0 radical (unpaired) electrons. The summed E-state index contributed by atoms with van der Waals surface area (Å²) in [5, 5.41) is 23.8. The molecule has 0 unspecified atom stereocenters. The fourth-order valence-corrected chi connectivity index (χ4v) is 4.25. The smallest absolute Gasteiger partial charge is 0.293 e. The summed E-state index contributed by atoms with van der Waals surface area (Å²) < 4.78 is 1.88. The van der Waals surface area contributed by atoms with Crippen molar-refractivity contribution in [2.24, 2.45) is 0 Å². The van der Waals surface area contributed by atoms with Crippen LogP contribution in [0.5, 0.6) is 0 Å². The number of hydrogen-bond acceptors (Lipinski definition) is 6. The van der Waals surface area contributed by atoms with Crippen LogP contribution < -0.4 is 5.32 Å². The summed E-state index contributed by atoms with van der Waals surface area (Å²) in [6, 6.07) is 21.8. The summed E-state index contributed by atoms with van der Waals surface area (Å²) in [7, 11) is 0. The van der Waals surface area contributed by atoms with Gasteiger partial charge in [0, 0.05) is 23.2 Å². The summed E-state index contributed by atoms with van der Waals surface area (Å²) in [6.45, 7) is 1.76. The van der Waals surface area contributed by atoms with Crippen molar-refractivity contribution >= 4 is 40.6 Å². The fourth-order valence-electron chi connectivity index (χ4n) is 3.35. The Balaban J connectivity index is 1.55. The van der Waals surface area contributed by atoms with Crippen molar-refractivity contribution in [3.8, 4) is 5.69 Å². The van der Waals surface area contributed by atoms with Crippen LogP contribution in [0.2, 0.25) is 5.02 Å². The number of nitro benzene ring substituents is 1. The number of rotatable bonds is 8. The van der Waals surface area contributed by atoms with E-state index >= 15 is 0 Å². The third-order valence-electron chi connectivity index (χ3n) is 4.95. The number of hydrogen-bond donors (Lipinski definition) is 1. The van der Waals surface area contributed by atoms with E-state index in [1.807, 2.05) is 47.0 Å². The largest absolute Gasteiger partial charge is 0.320 e. The van der Waals surface area contributed by atoms with Gasteiger partial charge >= 0.3 is 0 Å². The highest BCUT2D eigenvalue weighted by Gasteiger charge is 2.19. The highest BCUT2D eigenvalue weighted by atomic mass is 35.5. The molecule has 0 aliphatic carbocycles. The van der Waals surface area contributed by atoms with Crippen molar-refractivity contribution in [3.05, 3.63) is 105 Å². The first-order chi connectivity index (χ1) is 16.4. The van der Waals surface area contributed by atoms with Gasteiger partial charge in [-0.3, -0.25) is 19.5 Å². The lowest BCUT2D eigenvalue weighted by molar-refractivity contribution is -0.384. The van der Waals surface area contributed by atoms with E-state index in [-0.39, 0.29) is 23.0 Å². The number of aromatic nitrogens is 3. The molecule has 1 amide bonds. The molecule has 0 aliphatic heterocycles. The van der Waals surface area contributed by atoms with Crippen LogP contribution in [-0.2, 0) is 11.2 Å². The second kappa shape index (κ2) is 10.5. The molecule has 0 fully saturated rings. The molecule has 4 rings (SSSR count). The van der Waals surface area contributed by atoms with Crippen molar-refractivity contribution in [3.63, 3.8) is 0 Å². The Morgan fingerprint density at radius 1 is 1.09 bits per heavy atom. The standard InChI is InChI=1S/C24H20ClN5O3S/c1-16-7-12-20(21(13-16)30(32)33)26-23(31)15-34-24-28-27-22(14-17-5-3-2-4-6-17)29(24)19-10-8-18(25)9-11-19/h2-13H,14-15H2,1H3,(H,26,31). The number of benzene rings is 3. The van der Waals surface area contributed by atoms with Crippen LogP contribution in [0.3, 0.4) is 0 Å². The minimum Gasteiger partial charge on any atom is -0.320 e. The van der Waals surface area contributed by atoms with Crippen LogP contribution in [0, 0.1) is 17.0 Å². The fraction of sp³-hybridized carbons (Fsp3) is 0.125. The normalized spacial score (nSPS) is 10.8. The minimum absolute atomic E-state index is 0.00207. The maximum Gasteiger partial charge on any atom is 0.293 e. The predicted molar refractivity (Wildman–Crippen MR) is 133 cm³/mol. The number of amides is 1. The summed E-state index contributed by atoms with van der Waals surface area (Å²) >= 11 is 7.26. The molecule has 172 valence electrons. The number of thioether (sulfide) groups is 1. The molecule has 0 bridgehead atoms. The van der Waals surface area contributed by atoms with Gasteiger partial charge in [0.05, 0.1) is 10.7 Å². The van der Waals surface area contributed by atoms with Gasteiger partial charge in [-0.15, -0.1) is 10.2 Å². The molecule has 0 atom stereocenters. The third kappa shape index (κ3) is 5.62. The van der Waals surface area contributed by atoms with Crippen molar-refractivity contribution in [1.82, 2.24) is 14.8 Å². The lowest BCUT2D eigenvalue weighted by Gasteiger charge is -2.11. The summed E-state index contributed by atoms with van der Waals surface area (Å²) in [5.41, 5.74) is 2.64. The number of aryl methyl sites for hydroxylation is 1. The third-order valence-corrected chi connectivity index (χ3v) is 6.13. The van der Waals surface area contributed by atoms with Crippen LogP contribution in [0.15, 0.2) is 78.0 Å². The van der Waals surface area contributed by atoms with Gasteiger partial charge in [-0.1, -0.05) is 59.8 Å². The minimum atomic E-state index is -0.511. The van der Waals surface area contributed by atoms with Gasteiger partial charge in [-0.2, -0.15) is 0 Å². The van der Waals surface area contributed by atoms with Gasteiger partial charge in [-0.05, 0) is 48.4 Å². The molecular formula is C24H20ClN5O3S. The molecule has 8 nitrogen and oxygen atoms in total. The molecule has 1 aromatic heterocycles. The molecule has 0 spiro atoms. The second-order valence-corrected chi connectivity index (χ2v) is 8.87. The summed E-state index contributed by atoms with van der Waals surface area (Å²) in [4.78, 5) is 23.4. The van der Waals surface area contributed by atoms with Gasteiger partial charge in [0.25, 0.3) is 5.69 Å². The molecule has 1 N–H and O–H groups in total. The SMILES string of the molecule is Cc1ccc(NC(=O)CSc2nnc(Cc3ccccc3)n2-c2ccc(Cl)cc2)c([N+](=O)[O-])c1. The Morgan fingerprint density at radius 3 is 2.53 bits per heavy atom. The zero-order valence-corrected chi connectivity index (χ0v) is 19.7. The summed E-state index contributed by atoms with van der Waals surface area (Å²) in [6.07, 6.45) is 0.554. The predicted octanol–water partition coefficient (Wildman–Crippen LogP) is 5.46. The lowest BCUT2D eigenvalue weighted by Crippen LogP contribution is -2.15. The number of carbonyl (C=O) groups is 1. The first-order valence-corrected chi connectivity index (χ1v) is 11.7. The van der Waals surface area contributed by atoms with Crippen LogP contribution in [0.1, 0.15) is 17.0 Å². The van der Waals surface area contributed by atoms with Crippen LogP contribution in [0.25, 0.3) is 5.69 Å². The Kier molecular flexibility index (Phi) is 7.24. The monoisotopic (exact) mass is 493 g/mol. The Morgan fingerprint density at radius 2 is 1.82 bits per heavy atom. The molecule has 10 heteroatoms. The first-order valence-electron chi connectivity index (χ1n) is 10.3. The van der Waals surface area contributed by atoms with Gasteiger partial charge < -0.3 is 5.32 Å². The van der Waals surface area contributed by atoms with Crippen molar-refractivity contribution in [2.45, 2.75) is 18.5 Å². The quantitative estimate of drug-likeness (QED) is 0.198. The van der Waals surface area contributed by atoms with E-state index in [9.17, 15) is 14.9 Å². The molecule has 0 saturated carbocycles. The molecule has 3 aromatic carbocycles. The zero-order valence-electron chi connectivity index (χ0n) is 18.1. The average Bonchev–Trinajstić information content (AvgIpc) is 3.22. The van der Waals surface area contributed by atoms with Crippen LogP contribution >= 0.6 is 23.4 Å². The van der Waals surface area contributed by atoms with E-state index in [1.165, 1.54) is 23.9 Å². The first kappa shape index (κ1) is 23.5. The van der Waals surface area contributed by atoms with Gasteiger partial charge in [0.1, 0.15) is 11.5 Å². The molecule has 34 heavy (non-hydrogen) atoms. The number of nitrogens with one attached hydrogen (secondary N) is 1. The van der Waals surface area contributed by atoms with Crippen molar-refractivity contribution < 1.29 is 9.72 Å². The van der Waals surface area contributed by atoms with Gasteiger partial charge in [0.15, 0.2) is 5.16 Å². The van der Waals surface area contributed by atoms with E-state index in [1.54, 1.807) is 25.1 Å². The van der Waals surface area contributed by atoms with E-state index in [2.05, 4.69) is 15.5 Å². The maximum absolute atomic E-state index is 12.6. The van der Waals surface area contributed by atoms with Crippen LogP contribution in [0.4, 0.5) is 11.4 Å². The summed E-state index contributed by atoms with van der Waals surface area (Å²) in [5.74, 6) is 0.333. The Hall–Kier alpha value is -3.69. The molecular weight excluding hydrogens is 474 g/mol. The number of carbonyl (C=O) groups excluding carboxylic acids is 1. The average molecular weight is 494 g/mol. The van der Waals surface area contributed by atoms with E-state index in [4.69, 9.17) is 11.6 Å². The van der Waals surface area contributed by atoms with E-state index < -0.39 is 4.92 Å². The van der Waals surface area contributed by atoms with E-state index in [0.717, 1.165) is 16.8 Å². The molecule has 4 aromatic rings. The molecule has 1 heterocycles. The second-order valence-electron chi connectivity index (χ2n) is 7.49. The zero-order chi connectivity index (χ0) is 24.1. The number of nitro groups is 1. The van der Waals surface area contributed by atoms with Crippen molar-refractivity contribution in [2.75, 3.05) is 11.1 Å². The van der Waals surface area contributed by atoms with E-state index in [0.29, 0.717) is 22.4 Å². The molecule has 0 aliphatic rings. The van der Waals surface area contributed by atoms with Crippen molar-refractivity contribution in [1.29, 1.82) is 0 Å². The highest BCUT2D eigenvalue weighted by molar-refractivity contribution is 7.99. The Labute approximate surface area is 205 Å². The van der Waals surface area contributed by atoms with Crippen LogP contribution in [-0.4, -0.2) is 31.3 Å². The number of nitrogens with zero attached hydrogens (tertiary/aromatic N) is 4. The number of anilines is 1. The highest BCUT2D eigenvalue weighted by Crippen LogP contribution is 2.27. The molecule has 0 saturated heterocycles. The number of halogens is 1. The Bertz CT molecular complexity index is 1330. The topological polar surface area (TPSA) is 103 Å². The maximum atomic E-state index is 12.6. The lowest BCUT2D eigenvalue weighted by atomic mass is 10.1. The van der Waals surface area contributed by atoms with Gasteiger partial charge in [0.2, 0.25) is 5.91 Å².